The van der Waals surface area contributed by atoms with Gasteiger partial charge >= 0.3 is 0 Å². The second kappa shape index (κ2) is 4.74. The second-order valence-electron chi connectivity index (χ2n) is 4.43. The van der Waals surface area contributed by atoms with Crippen LogP contribution in [0.2, 0.25) is 0 Å². The topological polar surface area (TPSA) is 55.1 Å². The maximum atomic E-state index is 13.4. The van der Waals surface area contributed by atoms with Crippen molar-refractivity contribution in [2.75, 3.05) is 0 Å². The molecule has 3 nitrogen and oxygen atoms in total. The first-order valence-corrected chi connectivity index (χ1v) is 6.32. The highest BCUT2D eigenvalue weighted by atomic mass is 79.9. The van der Waals surface area contributed by atoms with Crippen LogP contribution in [0.4, 0.5) is 4.39 Å². The van der Waals surface area contributed by atoms with E-state index in [1.807, 2.05) is 0 Å². The van der Waals surface area contributed by atoms with Gasteiger partial charge in [-0.1, -0.05) is 15.9 Å². The summed E-state index contributed by atoms with van der Waals surface area (Å²) in [7, 11) is 0. The first kappa shape index (κ1) is 12.5. The number of rotatable bonds is 3. The zero-order chi connectivity index (χ0) is 12.5. The van der Waals surface area contributed by atoms with Gasteiger partial charge in [-0.3, -0.25) is 4.79 Å². The van der Waals surface area contributed by atoms with Crippen molar-refractivity contribution < 1.29 is 9.18 Å². The molecule has 17 heavy (non-hydrogen) atoms. The van der Waals surface area contributed by atoms with Gasteiger partial charge in [0.2, 0.25) is 5.91 Å². The van der Waals surface area contributed by atoms with Gasteiger partial charge in [-0.2, -0.15) is 0 Å². The van der Waals surface area contributed by atoms with Crippen molar-refractivity contribution in [1.82, 2.24) is 5.32 Å². The van der Waals surface area contributed by atoms with Gasteiger partial charge in [-0.05, 0) is 37.5 Å². The molecule has 0 aliphatic heterocycles. The molecule has 1 fully saturated rings. The predicted molar refractivity (Wildman–Crippen MR) is 66.7 cm³/mol. The van der Waals surface area contributed by atoms with Gasteiger partial charge in [0, 0.05) is 16.6 Å². The molecular weight excluding hydrogens is 287 g/mol. The predicted octanol–water partition coefficient (Wildman–Crippen LogP) is 2.09. The smallest absolute Gasteiger partial charge is 0.240 e. The monoisotopic (exact) mass is 300 g/mol. The van der Waals surface area contributed by atoms with E-state index in [0.29, 0.717) is 18.4 Å². The molecule has 1 aliphatic carbocycles. The van der Waals surface area contributed by atoms with E-state index in [4.69, 9.17) is 5.73 Å². The van der Waals surface area contributed by atoms with Gasteiger partial charge in [0.15, 0.2) is 0 Å². The Morgan fingerprint density at radius 3 is 2.82 bits per heavy atom. The lowest BCUT2D eigenvalue weighted by Crippen LogP contribution is -2.58. The van der Waals surface area contributed by atoms with Crippen molar-refractivity contribution in [3.8, 4) is 0 Å². The van der Waals surface area contributed by atoms with Crippen LogP contribution in [0.5, 0.6) is 0 Å². The van der Waals surface area contributed by atoms with E-state index in [0.717, 1.165) is 10.9 Å². The van der Waals surface area contributed by atoms with Crippen molar-refractivity contribution in [3.63, 3.8) is 0 Å². The van der Waals surface area contributed by atoms with Crippen LogP contribution in [-0.2, 0) is 11.3 Å². The van der Waals surface area contributed by atoms with Gasteiger partial charge in [-0.15, -0.1) is 0 Å². The Kier molecular flexibility index (Phi) is 3.49. The summed E-state index contributed by atoms with van der Waals surface area (Å²) in [4.78, 5) is 11.7. The zero-order valence-corrected chi connectivity index (χ0v) is 10.9. The minimum absolute atomic E-state index is 0.170. The first-order valence-electron chi connectivity index (χ1n) is 5.52. The first-order chi connectivity index (χ1) is 8.01. The van der Waals surface area contributed by atoms with Crippen LogP contribution in [-0.4, -0.2) is 11.4 Å². The lowest BCUT2D eigenvalue weighted by molar-refractivity contribution is -0.129. The van der Waals surface area contributed by atoms with Gasteiger partial charge in [-0.25, -0.2) is 4.39 Å². The molecule has 1 aliphatic rings. The van der Waals surface area contributed by atoms with Crippen LogP contribution >= 0.6 is 15.9 Å². The quantitative estimate of drug-likeness (QED) is 0.898. The Morgan fingerprint density at radius 1 is 1.53 bits per heavy atom. The van der Waals surface area contributed by atoms with Crippen LogP contribution in [0.25, 0.3) is 0 Å². The van der Waals surface area contributed by atoms with E-state index in [2.05, 4.69) is 21.2 Å². The highest BCUT2D eigenvalue weighted by Crippen LogP contribution is 2.29. The van der Waals surface area contributed by atoms with Crippen LogP contribution in [0, 0.1) is 5.82 Å². The summed E-state index contributed by atoms with van der Waals surface area (Å²) in [6.45, 7) is 0.170. The summed E-state index contributed by atoms with van der Waals surface area (Å²) in [6.07, 6.45) is 2.40. The average molecular weight is 301 g/mol. The third-order valence-corrected chi connectivity index (χ3v) is 3.64. The number of benzene rings is 1. The van der Waals surface area contributed by atoms with E-state index in [1.54, 1.807) is 12.1 Å². The van der Waals surface area contributed by atoms with E-state index in [-0.39, 0.29) is 18.3 Å². The molecule has 1 aromatic carbocycles. The lowest BCUT2D eigenvalue weighted by Gasteiger charge is -2.36. The van der Waals surface area contributed by atoms with Crippen LogP contribution < -0.4 is 11.1 Å². The van der Waals surface area contributed by atoms with E-state index < -0.39 is 5.54 Å². The molecule has 1 aromatic rings. The van der Waals surface area contributed by atoms with Gasteiger partial charge < -0.3 is 11.1 Å². The summed E-state index contributed by atoms with van der Waals surface area (Å²) in [5.41, 5.74) is 5.58. The third-order valence-electron chi connectivity index (χ3n) is 3.15. The van der Waals surface area contributed by atoms with Crippen molar-refractivity contribution in [3.05, 3.63) is 34.1 Å². The maximum absolute atomic E-state index is 13.4. The molecule has 0 heterocycles. The molecule has 5 heteroatoms. The molecule has 1 saturated carbocycles. The summed E-state index contributed by atoms with van der Waals surface area (Å²) in [5.74, 6) is -0.517. The van der Waals surface area contributed by atoms with Gasteiger partial charge in [0.1, 0.15) is 5.82 Å². The summed E-state index contributed by atoms with van der Waals surface area (Å²) >= 11 is 3.26. The Labute approximate surface area is 108 Å². The molecule has 0 saturated heterocycles. The molecule has 92 valence electrons. The summed E-state index contributed by atoms with van der Waals surface area (Å²) in [5, 5.41) is 2.68. The van der Waals surface area contributed by atoms with Crippen molar-refractivity contribution in [1.29, 1.82) is 0 Å². The standard InChI is InChI=1S/C12H14BrFN2O/c13-9-2-3-10(14)8(6-9)7-16-11(17)12(15)4-1-5-12/h2-3,6H,1,4-5,7,15H2,(H,16,17). The molecule has 2 rings (SSSR count). The number of hydrogen-bond acceptors (Lipinski definition) is 2. The average Bonchev–Trinajstić information content (AvgIpc) is 2.26. The largest absolute Gasteiger partial charge is 0.350 e. The fourth-order valence-electron chi connectivity index (χ4n) is 1.82. The molecule has 0 bridgehead atoms. The van der Waals surface area contributed by atoms with Crippen LogP contribution in [0.1, 0.15) is 24.8 Å². The van der Waals surface area contributed by atoms with Crippen LogP contribution in [0.3, 0.4) is 0 Å². The van der Waals surface area contributed by atoms with Crippen LogP contribution in [0.15, 0.2) is 22.7 Å². The number of carbonyl (C=O) groups is 1. The molecular formula is C12H14BrFN2O. The third kappa shape index (κ3) is 2.66. The van der Waals surface area contributed by atoms with Crippen molar-refractivity contribution in [2.45, 2.75) is 31.3 Å². The number of hydrogen-bond donors (Lipinski definition) is 2. The van der Waals surface area contributed by atoms with Crippen molar-refractivity contribution >= 4 is 21.8 Å². The van der Waals surface area contributed by atoms with E-state index >= 15 is 0 Å². The molecule has 0 spiro atoms. The Balaban J connectivity index is 1.98. The number of nitrogens with two attached hydrogens (primary N) is 1. The SMILES string of the molecule is NC1(C(=O)NCc2cc(Br)ccc2F)CCC1. The van der Waals surface area contributed by atoms with Gasteiger partial charge in [0.25, 0.3) is 0 Å². The maximum Gasteiger partial charge on any atom is 0.240 e. The molecule has 0 aromatic heterocycles. The van der Waals surface area contributed by atoms with E-state index in [1.165, 1.54) is 6.07 Å². The second-order valence-corrected chi connectivity index (χ2v) is 5.34. The minimum Gasteiger partial charge on any atom is -0.350 e. The zero-order valence-electron chi connectivity index (χ0n) is 9.30. The number of carbonyl (C=O) groups excluding carboxylic acids is 1. The van der Waals surface area contributed by atoms with E-state index in [9.17, 15) is 9.18 Å². The molecule has 0 radical (unpaired) electrons. The summed E-state index contributed by atoms with van der Waals surface area (Å²) < 4.78 is 14.2. The lowest BCUT2D eigenvalue weighted by atomic mass is 9.77. The Morgan fingerprint density at radius 2 is 2.24 bits per heavy atom. The summed E-state index contributed by atoms with van der Waals surface area (Å²) in [6, 6.07) is 4.64. The molecule has 0 atom stereocenters. The molecule has 0 unspecified atom stereocenters. The molecule has 1 amide bonds. The fraction of sp³-hybridized carbons (Fsp3) is 0.417. The Hall–Kier alpha value is -0.940. The number of amides is 1. The highest BCUT2D eigenvalue weighted by molar-refractivity contribution is 9.10. The number of nitrogens with one attached hydrogen (secondary N) is 1. The minimum atomic E-state index is -0.734. The van der Waals surface area contributed by atoms with Crippen molar-refractivity contribution in [2.24, 2.45) is 5.73 Å². The van der Waals surface area contributed by atoms with Gasteiger partial charge in [0.05, 0.1) is 5.54 Å². The highest BCUT2D eigenvalue weighted by Gasteiger charge is 2.39. The normalized spacial score (nSPS) is 17.4. The fourth-order valence-corrected chi connectivity index (χ4v) is 2.22. The Bertz CT molecular complexity index is 446. The number of halogens is 2. The molecule has 3 N–H and O–H groups in total.